The summed E-state index contributed by atoms with van der Waals surface area (Å²) in [6.45, 7) is 5.48. The molecule has 1 amide bonds. The maximum atomic E-state index is 12.1. The number of aryl methyl sites for hydroxylation is 1. The van der Waals surface area contributed by atoms with Gasteiger partial charge in [-0.2, -0.15) is 0 Å². The molecule has 0 saturated carbocycles. The number of nitrogens with zero attached hydrogens (tertiary/aromatic N) is 1. The summed E-state index contributed by atoms with van der Waals surface area (Å²) < 4.78 is 5.37. The number of morpholine rings is 1. The van der Waals surface area contributed by atoms with Crippen LogP contribution in [0, 0.1) is 0 Å². The number of hydrogen-bond acceptors (Lipinski definition) is 3. The molecule has 1 heterocycles. The van der Waals surface area contributed by atoms with E-state index < -0.39 is 0 Å². The average molecular weight is 336 g/mol. The van der Waals surface area contributed by atoms with E-state index in [9.17, 15) is 4.79 Å². The lowest BCUT2D eigenvalue weighted by Crippen LogP contribution is -2.36. The lowest BCUT2D eigenvalue weighted by Gasteiger charge is -2.28. The Balaban J connectivity index is 1.55. The van der Waals surface area contributed by atoms with Crippen LogP contribution in [-0.2, 0) is 16.0 Å². The fraction of sp³-hybridized carbons (Fsp3) is 0.286. The van der Waals surface area contributed by atoms with Crippen LogP contribution in [0.25, 0.3) is 6.08 Å². The van der Waals surface area contributed by atoms with E-state index in [-0.39, 0.29) is 5.91 Å². The minimum Gasteiger partial charge on any atom is -0.378 e. The minimum absolute atomic E-state index is 0.126. The Bertz CT molecular complexity index is 715. The Labute approximate surface area is 149 Å². The number of hydrogen-bond donors (Lipinski definition) is 1. The Kier molecular flexibility index (Phi) is 5.86. The van der Waals surface area contributed by atoms with Gasteiger partial charge in [0.15, 0.2) is 0 Å². The minimum atomic E-state index is -0.126. The predicted molar refractivity (Wildman–Crippen MR) is 103 cm³/mol. The number of anilines is 2. The number of ether oxygens (including phenoxy) is 1. The maximum Gasteiger partial charge on any atom is 0.248 e. The molecule has 1 N–H and O–H groups in total. The van der Waals surface area contributed by atoms with Crippen LogP contribution in [0.3, 0.4) is 0 Å². The number of nitrogens with one attached hydrogen (secondary N) is 1. The monoisotopic (exact) mass is 336 g/mol. The van der Waals surface area contributed by atoms with Gasteiger partial charge in [-0.25, -0.2) is 0 Å². The molecule has 4 heteroatoms. The van der Waals surface area contributed by atoms with Gasteiger partial charge in [0, 0.05) is 30.5 Å². The van der Waals surface area contributed by atoms with Crippen LogP contribution in [0.1, 0.15) is 18.1 Å². The molecule has 1 saturated heterocycles. The quantitative estimate of drug-likeness (QED) is 0.846. The number of rotatable bonds is 5. The topological polar surface area (TPSA) is 41.6 Å². The van der Waals surface area contributed by atoms with Crippen molar-refractivity contribution in [2.45, 2.75) is 13.3 Å². The normalized spacial score (nSPS) is 14.7. The number of carbonyl (C=O) groups is 1. The Hall–Kier alpha value is -2.59. The molecular weight excluding hydrogens is 312 g/mol. The molecule has 0 aliphatic carbocycles. The summed E-state index contributed by atoms with van der Waals surface area (Å²) in [4.78, 5) is 14.4. The van der Waals surface area contributed by atoms with Crippen LogP contribution in [-0.4, -0.2) is 32.2 Å². The molecule has 4 nitrogen and oxygen atoms in total. The molecule has 0 unspecified atom stereocenters. The van der Waals surface area contributed by atoms with E-state index in [0.29, 0.717) is 0 Å². The smallest absolute Gasteiger partial charge is 0.248 e. The molecule has 0 radical (unpaired) electrons. The third-order valence-corrected chi connectivity index (χ3v) is 4.33. The first-order valence-corrected chi connectivity index (χ1v) is 8.75. The van der Waals surface area contributed by atoms with Crippen molar-refractivity contribution >= 4 is 23.4 Å². The molecule has 0 atom stereocenters. The second kappa shape index (κ2) is 8.49. The molecule has 2 aromatic carbocycles. The molecule has 3 rings (SSSR count). The number of benzene rings is 2. The standard InChI is InChI=1S/C21H24N2O2/c1-2-17-3-5-18(6-4-17)7-12-21(24)22-19-8-10-20(11-9-19)23-13-15-25-16-14-23/h3-12H,2,13-16H2,1H3,(H,22,24)/b12-7+. The number of amides is 1. The fourth-order valence-electron chi connectivity index (χ4n) is 2.80. The van der Waals surface area contributed by atoms with Gasteiger partial charge in [0.2, 0.25) is 5.91 Å². The first-order chi connectivity index (χ1) is 12.2. The highest BCUT2D eigenvalue weighted by Crippen LogP contribution is 2.19. The summed E-state index contributed by atoms with van der Waals surface area (Å²) in [5.74, 6) is -0.126. The fourth-order valence-corrected chi connectivity index (χ4v) is 2.80. The Morgan fingerprint density at radius 3 is 2.40 bits per heavy atom. The maximum absolute atomic E-state index is 12.1. The van der Waals surface area contributed by atoms with Gasteiger partial charge in [-0.1, -0.05) is 31.2 Å². The first kappa shape index (κ1) is 17.2. The molecule has 1 aliphatic heterocycles. The largest absolute Gasteiger partial charge is 0.378 e. The summed E-state index contributed by atoms with van der Waals surface area (Å²) >= 11 is 0. The molecule has 0 spiro atoms. The summed E-state index contributed by atoms with van der Waals surface area (Å²) in [5.41, 5.74) is 4.28. The van der Waals surface area contributed by atoms with Crippen LogP contribution >= 0.6 is 0 Å². The van der Waals surface area contributed by atoms with E-state index in [0.717, 1.165) is 49.7 Å². The molecule has 130 valence electrons. The van der Waals surface area contributed by atoms with Gasteiger partial charge in [-0.05, 0) is 47.9 Å². The van der Waals surface area contributed by atoms with Crippen LogP contribution in [0.15, 0.2) is 54.6 Å². The average Bonchev–Trinajstić information content (AvgIpc) is 2.68. The van der Waals surface area contributed by atoms with E-state index in [2.05, 4.69) is 29.3 Å². The van der Waals surface area contributed by atoms with E-state index in [1.165, 1.54) is 5.56 Å². The molecule has 25 heavy (non-hydrogen) atoms. The van der Waals surface area contributed by atoms with Gasteiger partial charge in [-0.15, -0.1) is 0 Å². The van der Waals surface area contributed by atoms with Gasteiger partial charge in [0.05, 0.1) is 13.2 Å². The zero-order chi connectivity index (χ0) is 17.5. The third kappa shape index (κ3) is 4.94. The zero-order valence-corrected chi connectivity index (χ0v) is 14.6. The van der Waals surface area contributed by atoms with E-state index >= 15 is 0 Å². The van der Waals surface area contributed by atoms with Crippen molar-refractivity contribution in [3.63, 3.8) is 0 Å². The molecule has 0 aromatic heterocycles. The molecule has 1 aliphatic rings. The van der Waals surface area contributed by atoms with Crippen molar-refractivity contribution in [2.75, 3.05) is 36.5 Å². The molecule has 1 fully saturated rings. The first-order valence-electron chi connectivity index (χ1n) is 8.75. The second-order valence-electron chi connectivity index (χ2n) is 6.06. The second-order valence-corrected chi connectivity index (χ2v) is 6.06. The predicted octanol–water partition coefficient (Wildman–Crippen LogP) is 3.74. The number of carbonyl (C=O) groups excluding carboxylic acids is 1. The Morgan fingerprint density at radius 1 is 1.08 bits per heavy atom. The van der Waals surface area contributed by atoms with Crippen LogP contribution in [0.4, 0.5) is 11.4 Å². The van der Waals surface area contributed by atoms with Gasteiger partial charge >= 0.3 is 0 Å². The highest BCUT2D eigenvalue weighted by molar-refractivity contribution is 6.02. The summed E-state index contributed by atoms with van der Waals surface area (Å²) in [6, 6.07) is 16.2. The SMILES string of the molecule is CCc1ccc(/C=C/C(=O)Nc2ccc(N3CCOCC3)cc2)cc1. The van der Waals surface area contributed by atoms with E-state index in [1.807, 2.05) is 42.5 Å². The summed E-state index contributed by atoms with van der Waals surface area (Å²) in [7, 11) is 0. The highest BCUT2D eigenvalue weighted by Gasteiger charge is 2.10. The van der Waals surface area contributed by atoms with E-state index in [1.54, 1.807) is 6.08 Å². The molecular formula is C21H24N2O2. The third-order valence-electron chi connectivity index (χ3n) is 4.33. The molecule has 0 bridgehead atoms. The van der Waals surface area contributed by atoms with Crippen LogP contribution in [0.2, 0.25) is 0 Å². The Morgan fingerprint density at radius 2 is 1.76 bits per heavy atom. The van der Waals surface area contributed by atoms with Crippen molar-refractivity contribution in [3.8, 4) is 0 Å². The van der Waals surface area contributed by atoms with Gasteiger partial charge < -0.3 is 15.0 Å². The lowest BCUT2D eigenvalue weighted by molar-refractivity contribution is -0.111. The van der Waals surface area contributed by atoms with Crippen molar-refractivity contribution in [3.05, 3.63) is 65.7 Å². The van der Waals surface area contributed by atoms with Crippen molar-refractivity contribution in [1.29, 1.82) is 0 Å². The summed E-state index contributed by atoms with van der Waals surface area (Å²) in [5, 5.41) is 2.90. The summed E-state index contributed by atoms with van der Waals surface area (Å²) in [6.07, 6.45) is 4.42. The van der Waals surface area contributed by atoms with Gasteiger partial charge in [-0.3, -0.25) is 4.79 Å². The highest BCUT2D eigenvalue weighted by atomic mass is 16.5. The van der Waals surface area contributed by atoms with Crippen LogP contribution < -0.4 is 10.2 Å². The molecule has 2 aromatic rings. The van der Waals surface area contributed by atoms with E-state index in [4.69, 9.17) is 4.74 Å². The van der Waals surface area contributed by atoms with Crippen LogP contribution in [0.5, 0.6) is 0 Å². The van der Waals surface area contributed by atoms with Crippen molar-refractivity contribution in [2.24, 2.45) is 0 Å². The lowest BCUT2D eigenvalue weighted by atomic mass is 10.1. The van der Waals surface area contributed by atoms with Crippen molar-refractivity contribution < 1.29 is 9.53 Å². The zero-order valence-electron chi connectivity index (χ0n) is 14.6. The van der Waals surface area contributed by atoms with Crippen molar-refractivity contribution in [1.82, 2.24) is 0 Å². The van der Waals surface area contributed by atoms with Gasteiger partial charge in [0.25, 0.3) is 0 Å². The van der Waals surface area contributed by atoms with Gasteiger partial charge in [0.1, 0.15) is 0 Å².